The van der Waals surface area contributed by atoms with Crippen LogP contribution in [0.5, 0.6) is 0 Å². The van der Waals surface area contributed by atoms with Crippen LogP contribution in [0, 0.1) is 6.92 Å². The molecule has 7 nitrogen and oxygen atoms in total. The van der Waals surface area contributed by atoms with Crippen LogP contribution in [0.1, 0.15) is 21.6 Å². The summed E-state index contributed by atoms with van der Waals surface area (Å²) in [5, 5.41) is 7.03. The second-order valence-electron chi connectivity index (χ2n) is 5.31. The number of nitrogens with zero attached hydrogens (tertiary/aromatic N) is 2. The number of methoxy groups -OCH3 is 1. The van der Waals surface area contributed by atoms with Gasteiger partial charge in [0.15, 0.2) is 6.61 Å². The first kappa shape index (κ1) is 19.0. The van der Waals surface area contributed by atoms with Gasteiger partial charge in [-0.1, -0.05) is 41.9 Å². The molecule has 0 bridgehead atoms. The molecule has 134 valence electrons. The SMILES string of the molecule is COCCNC(=O)COC(=O)c1c(C)nn(Cc2ccccc2)c1Cl. The fourth-order valence-corrected chi connectivity index (χ4v) is 2.50. The zero-order valence-corrected chi connectivity index (χ0v) is 14.9. The number of benzene rings is 1. The summed E-state index contributed by atoms with van der Waals surface area (Å²) in [6.07, 6.45) is 0. The van der Waals surface area contributed by atoms with E-state index in [1.807, 2.05) is 30.3 Å². The molecule has 0 radical (unpaired) electrons. The number of aromatic nitrogens is 2. The highest BCUT2D eigenvalue weighted by Crippen LogP contribution is 2.21. The lowest BCUT2D eigenvalue weighted by Gasteiger charge is -2.06. The van der Waals surface area contributed by atoms with E-state index in [1.54, 1.807) is 6.92 Å². The van der Waals surface area contributed by atoms with Gasteiger partial charge in [0.05, 0.1) is 18.8 Å². The number of nitrogens with one attached hydrogen (secondary N) is 1. The number of carbonyl (C=O) groups excluding carboxylic acids is 2. The minimum atomic E-state index is -0.677. The molecule has 1 aromatic heterocycles. The van der Waals surface area contributed by atoms with Gasteiger partial charge in [-0.05, 0) is 12.5 Å². The predicted molar refractivity (Wildman–Crippen MR) is 92.7 cm³/mol. The van der Waals surface area contributed by atoms with Gasteiger partial charge >= 0.3 is 5.97 Å². The number of halogens is 1. The van der Waals surface area contributed by atoms with Crippen LogP contribution in [-0.2, 0) is 20.8 Å². The lowest BCUT2D eigenvalue weighted by Crippen LogP contribution is -2.31. The fourth-order valence-electron chi connectivity index (χ4n) is 2.19. The van der Waals surface area contributed by atoms with Crippen LogP contribution in [0.4, 0.5) is 0 Å². The van der Waals surface area contributed by atoms with E-state index in [1.165, 1.54) is 11.8 Å². The number of hydrogen-bond donors (Lipinski definition) is 1. The summed E-state index contributed by atoms with van der Waals surface area (Å²) in [4.78, 5) is 23.8. The second-order valence-corrected chi connectivity index (χ2v) is 5.67. The van der Waals surface area contributed by atoms with Crippen molar-refractivity contribution in [3.05, 3.63) is 52.3 Å². The Morgan fingerprint density at radius 1 is 1.28 bits per heavy atom. The fraction of sp³-hybridized carbons (Fsp3) is 0.353. The van der Waals surface area contributed by atoms with Crippen molar-refractivity contribution in [2.24, 2.45) is 0 Å². The average molecular weight is 366 g/mol. The van der Waals surface area contributed by atoms with Gasteiger partial charge in [0.25, 0.3) is 5.91 Å². The average Bonchev–Trinajstić information content (AvgIpc) is 2.87. The van der Waals surface area contributed by atoms with Crippen molar-refractivity contribution in [2.45, 2.75) is 13.5 Å². The van der Waals surface area contributed by atoms with E-state index in [-0.39, 0.29) is 17.3 Å². The van der Waals surface area contributed by atoms with Crippen LogP contribution in [0.2, 0.25) is 5.15 Å². The largest absolute Gasteiger partial charge is 0.452 e. The van der Waals surface area contributed by atoms with Gasteiger partial charge in [-0.3, -0.25) is 4.79 Å². The Bertz CT molecular complexity index is 731. The summed E-state index contributed by atoms with van der Waals surface area (Å²) in [6.45, 7) is 2.45. The van der Waals surface area contributed by atoms with E-state index < -0.39 is 11.9 Å². The molecule has 1 aromatic carbocycles. The molecule has 0 unspecified atom stereocenters. The molecule has 0 saturated heterocycles. The van der Waals surface area contributed by atoms with Gasteiger partial charge in [0.2, 0.25) is 0 Å². The number of carbonyl (C=O) groups is 2. The van der Waals surface area contributed by atoms with Crippen molar-refractivity contribution in [1.29, 1.82) is 0 Å². The Kier molecular flexibility index (Phi) is 6.97. The molecule has 8 heteroatoms. The molecule has 2 rings (SSSR count). The summed E-state index contributed by atoms with van der Waals surface area (Å²) in [7, 11) is 1.53. The lowest BCUT2D eigenvalue weighted by molar-refractivity contribution is -0.124. The third-order valence-electron chi connectivity index (χ3n) is 3.41. The van der Waals surface area contributed by atoms with Gasteiger partial charge in [-0.25, -0.2) is 9.48 Å². The summed E-state index contributed by atoms with van der Waals surface area (Å²) in [5.41, 5.74) is 1.62. The molecule has 1 amide bonds. The van der Waals surface area contributed by atoms with E-state index in [0.29, 0.717) is 25.4 Å². The molecule has 0 fully saturated rings. The summed E-state index contributed by atoms with van der Waals surface area (Å²) < 4.78 is 11.4. The summed E-state index contributed by atoms with van der Waals surface area (Å²) >= 11 is 6.27. The Balaban J connectivity index is 1.99. The summed E-state index contributed by atoms with van der Waals surface area (Å²) in [6, 6.07) is 9.62. The maximum Gasteiger partial charge on any atom is 0.343 e. The minimum absolute atomic E-state index is 0.169. The first-order chi connectivity index (χ1) is 12.0. The number of amides is 1. The van der Waals surface area contributed by atoms with E-state index in [0.717, 1.165) is 5.56 Å². The van der Waals surface area contributed by atoms with Gasteiger partial charge in [0.1, 0.15) is 10.7 Å². The van der Waals surface area contributed by atoms with Crippen LogP contribution in [-0.4, -0.2) is 48.5 Å². The van der Waals surface area contributed by atoms with E-state index in [9.17, 15) is 9.59 Å². The Labute approximate surface area is 150 Å². The molecule has 0 aliphatic carbocycles. The normalized spacial score (nSPS) is 10.5. The Hall–Kier alpha value is -2.38. The first-order valence-corrected chi connectivity index (χ1v) is 8.10. The first-order valence-electron chi connectivity index (χ1n) is 7.72. The molecule has 25 heavy (non-hydrogen) atoms. The molecule has 0 aliphatic rings. The zero-order chi connectivity index (χ0) is 18.2. The van der Waals surface area contributed by atoms with Crippen molar-refractivity contribution >= 4 is 23.5 Å². The smallest absolute Gasteiger partial charge is 0.343 e. The molecule has 0 spiro atoms. The highest BCUT2D eigenvalue weighted by atomic mass is 35.5. The van der Waals surface area contributed by atoms with E-state index >= 15 is 0 Å². The van der Waals surface area contributed by atoms with Crippen molar-refractivity contribution in [1.82, 2.24) is 15.1 Å². The molecular formula is C17H20ClN3O4. The van der Waals surface area contributed by atoms with E-state index in [4.69, 9.17) is 21.1 Å². The number of aryl methyl sites for hydroxylation is 1. The van der Waals surface area contributed by atoms with Crippen LogP contribution in [0.15, 0.2) is 30.3 Å². The number of rotatable bonds is 8. The van der Waals surface area contributed by atoms with Gasteiger partial charge in [-0.15, -0.1) is 0 Å². The maximum absolute atomic E-state index is 12.2. The molecule has 0 saturated carbocycles. The third-order valence-corrected chi connectivity index (χ3v) is 3.79. The van der Waals surface area contributed by atoms with Crippen LogP contribution >= 0.6 is 11.6 Å². The second kappa shape index (κ2) is 9.19. The molecule has 0 aliphatic heterocycles. The summed E-state index contributed by atoms with van der Waals surface area (Å²) in [5.74, 6) is -1.08. The van der Waals surface area contributed by atoms with Crippen molar-refractivity contribution in [3.8, 4) is 0 Å². The number of esters is 1. The number of hydrogen-bond acceptors (Lipinski definition) is 5. The Morgan fingerprint density at radius 2 is 2.00 bits per heavy atom. The van der Waals surface area contributed by atoms with Gasteiger partial charge in [0, 0.05) is 13.7 Å². The third kappa shape index (κ3) is 5.30. The van der Waals surface area contributed by atoms with Crippen molar-refractivity contribution in [2.75, 3.05) is 26.9 Å². The van der Waals surface area contributed by atoms with Gasteiger partial charge in [-0.2, -0.15) is 5.10 Å². The topological polar surface area (TPSA) is 82.4 Å². The molecule has 2 aromatic rings. The predicted octanol–water partition coefficient (Wildman–Crippen LogP) is 1.81. The van der Waals surface area contributed by atoms with Crippen LogP contribution in [0.3, 0.4) is 0 Å². The highest BCUT2D eigenvalue weighted by molar-refractivity contribution is 6.32. The van der Waals surface area contributed by atoms with Crippen LogP contribution < -0.4 is 5.32 Å². The standard InChI is InChI=1S/C17H20ClN3O4/c1-12-15(17(23)25-11-14(22)19-8-9-24-2)16(18)21(20-12)10-13-6-4-3-5-7-13/h3-7H,8-11H2,1-2H3,(H,19,22). The quantitative estimate of drug-likeness (QED) is 0.570. The molecule has 1 heterocycles. The monoisotopic (exact) mass is 365 g/mol. The maximum atomic E-state index is 12.2. The van der Waals surface area contributed by atoms with E-state index in [2.05, 4.69) is 10.4 Å². The lowest BCUT2D eigenvalue weighted by atomic mass is 10.2. The Morgan fingerprint density at radius 3 is 2.68 bits per heavy atom. The van der Waals surface area contributed by atoms with Gasteiger partial charge < -0.3 is 14.8 Å². The van der Waals surface area contributed by atoms with Crippen molar-refractivity contribution < 1.29 is 19.1 Å². The van der Waals surface area contributed by atoms with Crippen LogP contribution in [0.25, 0.3) is 0 Å². The number of ether oxygens (including phenoxy) is 2. The minimum Gasteiger partial charge on any atom is -0.452 e. The zero-order valence-electron chi connectivity index (χ0n) is 14.1. The van der Waals surface area contributed by atoms with Crippen molar-refractivity contribution in [3.63, 3.8) is 0 Å². The highest BCUT2D eigenvalue weighted by Gasteiger charge is 2.22. The molecule has 1 N–H and O–H groups in total. The molecular weight excluding hydrogens is 346 g/mol. The molecule has 0 atom stereocenters.